The van der Waals surface area contributed by atoms with Gasteiger partial charge in [-0.3, -0.25) is 4.79 Å². The summed E-state index contributed by atoms with van der Waals surface area (Å²) >= 11 is 0. The van der Waals surface area contributed by atoms with Crippen LogP contribution in [0.5, 0.6) is 0 Å². The van der Waals surface area contributed by atoms with Crippen molar-refractivity contribution in [2.75, 3.05) is 6.54 Å². The van der Waals surface area contributed by atoms with Gasteiger partial charge in [0.05, 0.1) is 6.54 Å². The summed E-state index contributed by atoms with van der Waals surface area (Å²) in [6, 6.07) is 0.552. The van der Waals surface area contributed by atoms with E-state index in [4.69, 9.17) is 0 Å². The first kappa shape index (κ1) is 13.5. The number of carbonyl (C=O) groups excluding carboxylic acids is 1. The van der Waals surface area contributed by atoms with Crippen molar-refractivity contribution >= 4 is 5.91 Å². The molecule has 1 amide bonds. The van der Waals surface area contributed by atoms with Crippen LogP contribution in [0.2, 0.25) is 0 Å². The highest BCUT2D eigenvalue weighted by molar-refractivity contribution is 5.78. The molecule has 0 saturated heterocycles. The van der Waals surface area contributed by atoms with Crippen molar-refractivity contribution in [2.24, 2.45) is 5.92 Å². The van der Waals surface area contributed by atoms with Gasteiger partial charge in [0.15, 0.2) is 0 Å². The maximum absolute atomic E-state index is 11.6. The third-order valence-corrected chi connectivity index (χ3v) is 3.18. The summed E-state index contributed by atoms with van der Waals surface area (Å²) in [5.74, 6) is 0.968. The highest BCUT2D eigenvalue weighted by atomic mass is 16.2. The third kappa shape index (κ3) is 4.97. The molecule has 1 aliphatic carbocycles. The van der Waals surface area contributed by atoms with Gasteiger partial charge in [-0.05, 0) is 46.0 Å². The lowest BCUT2D eigenvalue weighted by atomic mass is 10.1. The van der Waals surface area contributed by atoms with Crippen LogP contribution in [-0.2, 0) is 4.79 Å². The number of hydrogen-bond donors (Lipinski definition) is 2. The van der Waals surface area contributed by atoms with Crippen molar-refractivity contribution in [3.63, 3.8) is 0 Å². The van der Waals surface area contributed by atoms with E-state index in [0.717, 1.165) is 5.92 Å². The molecule has 94 valence electrons. The summed E-state index contributed by atoms with van der Waals surface area (Å²) in [5.41, 5.74) is -0.125. The number of nitrogens with one attached hydrogen (secondary N) is 2. The highest BCUT2D eigenvalue weighted by Crippen LogP contribution is 2.27. The highest BCUT2D eigenvalue weighted by Gasteiger charge is 2.23. The first-order valence-corrected chi connectivity index (χ1v) is 6.45. The van der Waals surface area contributed by atoms with Crippen molar-refractivity contribution in [1.82, 2.24) is 10.6 Å². The van der Waals surface area contributed by atoms with Gasteiger partial charge in [-0.25, -0.2) is 0 Å². The van der Waals surface area contributed by atoms with Crippen molar-refractivity contribution < 1.29 is 4.79 Å². The molecule has 3 heteroatoms. The van der Waals surface area contributed by atoms with Gasteiger partial charge in [-0.15, -0.1) is 0 Å². The fourth-order valence-electron chi connectivity index (χ4n) is 2.33. The molecule has 0 spiro atoms. The molecule has 0 aromatic heterocycles. The second kappa shape index (κ2) is 5.67. The Bertz CT molecular complexity index is 233. The standard InChI is InChI=1S/C13H26N2O/c1-5-10-6-7-11(8-10)14-9-12(16)15-13(2,3)4/h10-11,14H,5-9H2,1-4H3,(H,15,16). The Labute approximate surface area is 99.4 Å². The minimum atomic E-state index is -0.125. The zero-order valence-electron chi connectivity index (χ0n) is 11.1. The second-order valence-corrected chi connectivity index (χ2v) is 5.96. The van der Waals surface area contributed by atoms with Crippen LogP contribution in [-0.4, -0.2) is 24.0 Å². The van der Waals surface area contributed by atoms with Crippen LogP contribution in [0.1, 0.15) is 53.4 Å². The molecule has 0 aliphatic heterocycles. The second-order valence-electron chi connectivity index (χ2n) is 5.96. The molecule has 0 radical (unpaired) electrons. The summed E-state index contributed by atoms with van der Waals surface area (Å²) < 4.78 is 0. The maximum Gasteiger partial charge on any atom is 0.234 e. The number of hydrogen-bond acceptors (Lipinski definition) is 2. The largest absolute Gasteiger partial charge is 0.350 e. The molecule has 2 N–H and O–H groups in total. The van der Waals surface area contributed by atoms with E-state index in [9.17, 15) is 4.79 Å². The molecule has 0 aromatic rings. The van der Waals surface area contributed by atoms with E-state index in [1.165, 1.54) is 25.7 Å². The minimum absolute atomic E-state index is 0.104. The van der Waals surface area contributed by atoms with Crippen LogP contribution >= 0.6 is 0 Å². The average molecular weight is 226 g/mol. The van der Waals surface area contributed by atoms with Crippen LogP contribution in [0.25, 0.3) is 0 Å². The van der Waals surface area contributed by atoms with Crippen molar-refractivity contribution in [3.05, 3.63) is 0 Å². The summed E-state index contributed by atoms with van der Waals surface area (Å²) in [6.07, 6.45) is 5.04. The predicted octanol–water partition coefficient (Wildman–Crippen LogP) is 2.07. The Balaban J connectivity index is 2.18. The fourth-order valence-corrected chi connectivity index (χ4v) is 2.33. The topological polar surface area (TPSA) is 41.1 Å². The van der Waals surface area contributed by atoms with Gasteiger partial charge in [0.1, 0.15) is 0 Å². The molecule has 16 heavy (non-hydrogen) atoms. The first-order chi connectivity index (χ1) is 7.40. The van der Waals surface area contributed by atoms with Crippen molar-refractivity contribution in [1.29, 1.82) is 0 Å². The normalized spacial score (nSPS) is 25.8. The van der Waals surface area contributed by atoms with Crippen LogP contribution in [0, 0.1) is 5.92 Å². The van der Waals surface area contributed by atoms with Crippen molar-refractivity contribution in [3.8, 4) is 0 Å². The molecular formula is C13H26N2O. The molecule has 0 heterocycles. The predicted molar refractivity (Wildman–Crippen MR) is 67.3 cm³/mol. The zero-order valence-corrected chi connectivity index (χ0v) is 11.1. The summed E-state index contributed by atoms with van der Waals surface area (Å²) in [6.45, 7) is 8.73. The fraction of sp³-hybridized carbons (Fsp3) is 0.923. The van der Waals surface area contributed by atoms with Gasteiger partial charge < -0.3 is 10.6 Å². The van der Waals surface area contributed by atoms with E-state index in [0.29, 0.717) is 12.6 Å². The molecule has 1 rings (SSSR count). The zero-order chi connectivity index (χ0) is 12.2. The van der Waals surface area contributed by atoms with Crippen LogP contribution < -0.4 is 10.6 Å². The van der Waals surface area contributed by atoms with Gasteiger partial charge >= 0.3 is 0 Å². The molecule has 3 nitrogen and oxygen atoms in total. The third-order valence-electron chi connectivity index (χ3n) is 3.18. The van der Waals surface area contributed by atoms with E-state index in [-0.39, 0.29) is 11.4 Å². The Morgan fingerprint density at radius 3 is 2.50 bits per heavy atom. The summed E-state index contributed by atoms with van der Waals surface area (Å²) in [7, 11) is 0. The lowest BCUT2D eigenvalue weighted by Crippen LogP contribution is -2.46. The lowest BCUT2D eigenvalue weighted by molar-refractivity contribution is -0.121. The van der Waals surface area contributed by atoms with E-state index < -0.39 is 0 Å². The van der Waals surface area contributed by atoms with E-state index in [1.807, 2.05) is 20.8 Å². The molecule has 1 aliphatic rings. The molecule has 2 unspecified atom stereocenters. The van der Waals surface area contributed by atoms with Crippen LogP contribution in [0.15, 0.2) is 0 Å². The summed E-state index contributed by atoms with van der Waals surface area (Å²) in [5, 5.41) is 6.32. The number of carbonyl (C=O) groups is 1. The smallest absolute Gasteiger partial charge is 0.234 e. The van der Waals surface area contributed by atoms with E-state index in [2.05, 4.69) is 17.6 Å². The average Bonchev–Trinajstić information content (AvgIpc) is 2.59. The minimum Gasteiger partial charge on any atom is -0.350 e. The first-order valence-electron chi connectivity index (χ1n) is 6.45. The molecule has 0 bridgehead atoms. The van der Waals surface area contributed by atoms with E-state index >= 15 is 0 Å². The maximum atomic E-state index is 11.6. The quantitative estimate of drug-likeness (QED) is 0.770. The van der Waals surface area contributed by atoms with Crippen LogP contribution in [0.3, 0.4) is 0 Å². The van der Waals surface area contributed by atoms with Gasteiger partial charge in [-0.1, -0.05) is 13.3 Å². The SMILES string of the molecule is CCC1CCC(NCC(=O)NC(C)(C)C)C1. The van der Waals surface area contributed by atoms with E-state index in [1.54, 1.807) is 0 Å². The lowest BCUT2D eigenvalue weighted by Gasteiger charge is -2.21. The Morgan fingerprint density at radius 2 is 2.00 bits per heavy atom. The molecular weight excluding hydrogens is 200 g/mol. The number of rotatable bonds is 4. The Morgan fingerprint density at radius 1 is 1.31 bits per heavy atom. The molecule has 1 fully saturated rings. The van der Waals surface area contributed by atoms with Gasteiger partial charge in [0.2, 0.25) is 5.91 Å². The molecule has 2 atom stereocenters. The van der Waals surface area contributed by atoms with Gasteiger partial charge in [0, 0.05) is 11.6 Å². The van der Waals surface area contributed by atoms with Crippen molar-refractivity contribution in [2.45, 2.75) is 65.0 Å². The Hall–Kier alpha value is -0.570. The van der Waals surface area contributed by atoms with Crippen LogP contribution in [0.4, 0.5) is 0 Å². The monoisotopic (exact) mass is 226 g/mol. The summed E-state index contributed by atoms with van der Waals surface area (Å²) in [4.78, 5) is 11.6. The number of amides is 1. The van der Waals surface area contributed by atoms with Gasteiger partial charge in [-0.2, -0.15) is 0 Å². The van der Waals surface area contributed by atoms with Gasteiger partial charge in [0.25, 0.3) is 0 Å². The Kier molecular flexibility index (Phi) is 4.78. The molecule has 1 saturated carbocycles. The molecule has 0 aromatic carbocycles.